The number of hydrogen-bond donors (Lipinski definition) is 2. The number of carbonyl (C=O) groups is 1. The minimum atomic E-state index is -4.65. The highest BCUT2D eigenvalue weighted by molar-refractivity contribution is 6.10. The van der Waals surface area contributed by atoms with E-state index < -0.39 is 23.1 Å². The maximum Gasteiger partial charge on any atom is 0.416 e. The van der Waals surface area contributed by atoms with Crippen LogP contribution in [0.15, 0.2) is 30.6 Å². The number of anilines is 2. The molecule has 3 fully saturated rings. The van der Waals surface area contributed by atoms with E-state index >= 15 is 0 Å². The third kappa shape index (κ3) is 6.08. The lowest BCUT2D eigenvalue weighted by atomic mass is 9.75. The predicted octanol–water partition coefficient (Wildman–Crippen LogP) is 3.82. The molecule has 3 atom stereocenters. The van der Waals surface area contributed by atoms with Crippen LogP contribution in [0, 0.1) is 23.2 Å². The molecule has 1 amide bonds. The van der Waals surface area contributed by atoms with E-state index in [1.54, 1.807) is 18.5 Å². The number of hydrogen-bond acceptors (Lipinski definition) is 9. The van der Waals surface area contributed by atoms with Crippen molar-refractivity contribution in [3.05, 3.63) is 64.2 Å². The number of pyridine rings is 1. The van der Waals surface area contributed by atoms with E-state index in [1.807, 2.05) is 17.7 Å². The highest BCUT2D eigenvalue weighted by atomic mass is 19.4. The Balaban J connectivity index is 1.21. The van der Waals surface area contributed by atoms with E-state index in [-0.39, 0.29) is 36.0 Å². The Morgan fingerprint density at radius 3 is 2.68 bits per heavy atom. The molecule has 5 heterocycles. The lowest BCUT2D eigenvalue weighted by molar-refractivity contribution is -0.138. The number of rotatable bonds is 9. The van der Waals surface area contributed by atoms with Crippen molar-refractivity contribution in [3.8, 4) is 6.07 Å². The van der Waals surface area contributed by atoms with Crippen molar-refractivity contribution in [1.82, 2.24) is 24.6 Å². The molecule has 7 rings (SSSR count). The molecule has 3 aliphatic heterocycles. The van der Waals surface area contributed by atoms with Gasteiger partial charge in [-0.2, -0.15) is 18.4 Å². The fourth-order valence-corrected chi connectivity index (χ4v) is 7.68. The van der Waals surface area contributed by atoms with Crippen molar-refractivity contribution in [3.63, 3.8) is 0 Å². The summed E-state index contributed by atoms with van der Waals surface area (Å²) < 4.78 is 51.1. The molecule has 11 nitrogen and oxygen atoms in total. The van der Waals surface area contributed by atoms with Crippen LogP contribution in [0.5, 0.6) is 0 Å². The average molecular weight is 651 g/mol. The van der Waals surface area contributed by atoms with Gasteiger partial charge in [0.25, 0.3) is 5.91 Å². The molecular formula is C33H37F3N8O3. The van der Waals surface area contributed by atoms with Gasteiger partial charge in [0.1, 0.15) is 23.8 Å². The molecule has 1 aromatic carbocycles. The van der Waals surface area contributed by atoms with Crippen LogP contribution in [0.25, 0.3) is 0 Å². The van der Waals surface area contributed by atoms with Crippen molar-refractivity contribution in [2.24, 2.45) is 18.9 Å². The molecule has 1 aliphatic carbocycles. The van der Waals surface area contributed by atoms with Gasteiger partial charge in [0.05, 0.1) is 43.9 Å². The van der Waals surface area contributed by atoms with Crippen LogP contribution in [-0.4, -0.2) is 74.6 Å². The fourth-order valence-electron chi connectivity index (χ4n) is 7.68. The van der Waals surface area contributed by atoms with Gasteiger partial charge >= 0.3 is 6.18 Å². The number of aliphatic hydroxyl groups is 1. The number of nitrogens with one attached hydrogen (secondary N) is 1. The zero-order valence-electron chi connectivity index (χ0n) is 26.1. The number of fused-ring (bicyclic) bond motifs is 2. The van der Waals surface area contributed by atoms with Crippen molar-refractivity contribution < 1.29 is 27.8 Å². The van der Waals surface area contributed by atoms with Crippen molar-refractivity contribution in [1.29, 1.82) is 5.26 Å². The van der Waals surface area contributed by atoms with E-state index in [1.165, 1.54) is 11.0 Å². The molecule has 3 aromatic rings. The Morgan fingerprint density at radius 2 is 1.98 bits per heavy atom. The number of amides is 1. The highest BCUT2D eigenvalue weighted by Gasteiger charge is 2.45. The zero-order valence-corrected chi connectivity index (χ0v) is 26.1. The predicted molar refractivity (Wildman–Crippen MR) is 164 cm³/mol. The Kier molecular flexibility index (Phi) is 8.18. The molecule has 248 valence electrons. The number of benzene rings is 1. The van der Waals surface area contributed by atoms with E-state index in [0.29, 0.717) is 55.9 Å². The fraction of sp³-hybridized carbons (Fsp3) is 0.545. The zero-order chi connectivity index (χ0) is 32.9. The van der Waals surface area contributed by atoms with Crippen LogP contribution < -0.4 is 10.2 Å². The van der Waals surface area contributed by atoms with Crippen LogP contribution in [0.3, 0.4) is 0 Å². The summed E-state index contributed by atoms with van der Waals surface area (Å²) in [5, 5.41) is 30.5. The molecule has 47 heavy (non-hydrogen) atoms. The lowest BCUT2D eigenvalue weighted by Gasteiger charge is -2.42. The van der Waals surface area contributed by atoms with Gasteiger partial charge in [0.2, 0.25) is 0 Å². The van der Waals surface area contributed by atoms with Crippen molar-refractivity contribution >= 4 is 17.5 Å². The molecule has 2 saturated heterocycles. The van der Waals surface area contributed by atoms with E-state index in [9.17, 15) is 23.1 Å². The number of aromatic nitrogens is 4. The summed E-state index contributed by atoms with van der Waals surface area (Å²) in [6.45, 7) is 2.61. The van der Waals surface area contributed by atoms with Gasteiger partial charge < -0.3 is 19.7 Å². The second-order valence-corrected chi connectivity index (χ2v) is 13.5. The van der Waals surface area contributed by atoms with Crippen LogP contribution in [0.4, 0.5) is 24.8 Å². The van der Waals surface area contributed by atoms with E-state index in [0.717, 1.165) is 43.7 Å². The van der Waals surface area contributed by atoms with Gasteiger partial charge in [0.15, 0.2) is 0 Å². The van der Waals surface area contributed by atoms with Crippen molar-refractivity contribution in [2.75, 3.05) is 43.1 Å². The topological polar surface area (TPSA) is 132 Å². The SMILES string of the molecule is Cn1cnnc1CC1(c2cc(NCCC#N)nc(N3Cc4c(cc(CN5C[C@H]6CCC(O)C[C@H]6C5)cc4C(F)(F)F)C3=O)c2)COC1. The van der Waals surface area contributed by atoms with Crippen LogP contribution in [-0.2, 0) is 42.9 Å². The summed E-state index contributed by atoms with van der Waals surface area (Å²) in [5.74, 6) is 1.61. The molecular weight excluding hydrogens is 613 g/mol. The van der Waals surface area contributed by atoms with Gasteiger partial charge in [0, 0.05) is 50.6 Å². The maximum atomic E-state index is 14.6. The number of aryl methyl sites for hydroxylation is 1. The summed E-state index contributed by atoms with van der Waals surface area (Å²) in [7, 11) is 1.85. The third-order valence-corrected chi connectivity index (χ3v) is 10.2. The molecule has 2 aromatic heterocycles. The van der Waals surface area contributed by atoms with Crippen LogP contribution in [0.2, 0.25) is 0 Å². The summed E-state index contributed by atoms with van der Waals surface area (Å²) in [6, 6.07) is 8.48. The van der Waals surface area contributed by atoms with Gasteiger partial charge in [-0.25, -0.2) is 4.98 Å². The molecule has 4 aliphatic rings. The average Bonchev–Trinajstić information content (AvgIpc) is 3.70. The lowest BCUT2D eigenvalue weighted by Crippen LogP contribution is -2.49. The first kappa shape index (κ1) is 31.5. The summed E-state index contributed by atoms with van der Waals surface area (Å²) in [6.07, 6.45) is -0.237. The molecule has 0 bridgehead atoms. The third-order valence-electron chi connectivity index (χ3n) is 10.2. The minimum Gasteiger partial charge on any atom is -0.393 e. The largest absolute Gasteiger partial charge is 0.416 e. The number of alkyl halides is 3. The van der Waals surface area contributed by atoms with Crippen LogP contribution in [0.1, 0.15) is 64.1 Å². The number of halogens is 3. The molecule has 1 unspecified atom stereocenters. The number of carbonyl (C=O) groups excluding carboxylic acids is 1. The molecule has 2 N–H and O–H groups in total. The van der Waals surface area contributed by atoms with Gasteiger partial charge in [-0.1, -0.05) is 0 Å². The van der Waals surface area contributed by atoms with Crippen molar-refractivity contribution in [2.45, 2.75) is 62.9 Å². The van der Waals surface area contributed by atoms with E-state index in [2.05, 4.69) is 31.5 Å². The van der Waals surface area contributed by atoms with E-state index in [4.69, 9.17) is 10.00 Å². The Labute approximate surface area is 270 Å². The number of nitrogens with zero attached hydrogens (tertiary/aromatic N) is 7. The molecule has 0 radical (unpaired) electrons. The number of aliphatic hydroxyl groups excluding tert-OH is 1. The Bertz CT molecular complexity index is 1720. The normalized spacial score (nSPS) is 23.7. The second-order valence-electron chi connectivity index (χ2n) is 13.5. The maximum absolute atomic E-state index is 14.6. The highest BCUT2D eigenvalue weighted by Crippen LogP contribution is 2.43. The summed E-state index contributed by atoms with van der Waals surface area (Å²) in [4.78, 5) is 22.1. The monoisotopic (exact) mass is 650 g/mol. The Morgan fingerprint density at radius 1 is 1.17 bits per heavy atom. The van der Waals surface area contributed by atoms with Gasteiger partial charge in [-0.3, -0.25) is 14.6 Å². The first-order valence-electron chi connectivity index (χ1n) is 16.0. The number of nitriles is 1. The first-order chi connectivity index (χ1) is 22.5. The summed E-state index contributed by atoms with van der Waals surface area (Å²) >= 11 is 0. The van der Waals surface area contributed by atoms with Crippen LogP contribution >= 0.6 is 0 Å². The Hall–Kier alpha value is -4.06. The molecule has 1 saturated carbocycles. The summed E-state index contributed by atoms with van der Waals surface area (Å²) in [5.41, 5.74) is -0.0852. The molecule has 0 spiro atoms. The number of likely N-dealkylation sites (tertiary alicyclic amines) is 1. The quantitative estimate of drug-likeness (QED) is 0.332. The van der Waals surface area contributed by atoms with Gasteiger partial charge in [-0.05, 0) is 72.1 Å². The minimum absolute atomic E-state index is 0.0360. The molecule has 14 heteroatoms. The first-order valence-corrected chi connectivity index (χ1v) is 16.0. The van der Waals surface area contributed by atoms with Gasteiger partial charge in [-0.15, -0.1) is 10.2 Å². The second kappa shape index (κ2) is 12.2. The standard InChI is InChI=1S/C33H37F3N8O3/c1-42-19-39-41-30(42)12-32(17-47-18-32)23-10-28(38-6-2-5-37)40-29(11-23)44-16-26-25(31(44)46)7-20(8-27(26)33(34,35)36)13-43-14-21-3-4-24(45)9-22(21)15-43/h7-8,10-11,19,21-22,24,45H,2-4,6,9,12-18H2,1H3,(H,38,40)/t21-,22+,24?/m1/s1. The smallest absolute Gasteiger partial charge is 0.393 e. The number of ether oxygens (including phenoxy) is 1.